The van der Waals surface area contributed by atoms with Crippen LogP contribution in [0.1, 0.15) is 25.3 Å². The number of ether oxygens (including phenoxy) is 1. The van der Waals surface area contributed by atoms with Crippen LogP contribution in [0.5, 0.6) is 0 Å². The fraction of sp³-hybridized carbons (Fsp3) is 0.625. The van der Waals surface area contributed by atoms with E-state index < -0.39 is 0 Å². The van der Waals surface area contributed by atoms with E-state index in [4.69, 9.17) is 4.74 Å². The zero-order chi connectivity index (χ0) is 13.1. The first kappa shape index (κ1) is 12.9. The number of nitrogens with zero attached hydrogens (tertiary/aromatic N) is 1. The molecule has 0 atom stereocenters. The monoisotopic (exact) mass is 260 g/mol. The number of anilines is 1. The second-order valence-corrected chi connectivity index (χ2v) is 5.92. The molecule has 0 saturated carbocycles. The summed E-state index contributed by atoms with van der Waals surface area (Å²) >= 11 is 0. The van der Waals surface area contributed by atoms with Crippen LogP contribution in [0.25, 0.3) is 0 Å². The topological polar surface area (TPSA) is 24.5 Å². The van der Waals surface area contributed by atoms with Gasteiger partial charge in [0.05, 0.1) is 0 Å². The predicted octanol–water partition coefficient (Wildman–Crippen LogP) is 2.41. The Morgan fingerprint density at radius 3 is 2.47 bits per heavy atom. The number of hydrogen-bond donors (Lipinski definition) is 1. The van der Waals surface area contributed by atoms with Crippen LogP contribution in [0.15, 0.2) is 24.3 Å². The van der Waals surface area contributed by atoms with Crippen molar-refractivity contribution in [3.8, 4) is 0 Å². The molecule has 1 aromatic carbocycles. The highest BCUT2D eigenvalue weighted by Gasteiger charge is 2.43. The smallest absolute Gasteiger partial charge is 0.0472 e. The largest absolute Gasteiger partial charge is 0.381 e. The molecule has 3 rings (SSSR count). The maximum Gasteiger partial charge on any atom is 0.0472 e. The minimum Gasteiger partial charge on any atom is -0.381 e. The SMILES string of the molecule is CCNCc1ccc(N2CC3(CCOCC3)C2)cc1. The average molecular weight is 260 g/mol. The van der Waals surface area contributed by atoms with Gasteiger partial charge in [0.1, 0.15) is 0 Å². The van der Waals surface area contributed by atoms with Crippen molar-refractivity contribution < 1.29 is 4.74 Å². The summed E-state index contributed by atoms with van der Waals surface area (Å²) in [5.74, 6) is 0. The molecule has 1 N–H and O–H groups in total. The van der Waals surface area contributed by atoms with Gasteiger partial charge in [0.25, 0.3) is 0 Å². The van der Waals surface area contributed by atoms with Crippen molar-refractivity contribution in [2.24, 2.45) is 5.41 Å². The zero-order valence-electron chi connectivity index (χ0n) is 11.8. The molecule has 0 radical (unpaired) electrons. The number of benzene rings is 1. The number of nitrogens with one attached hydrogen (secondary N) is 1. The fourth-order valence-corrected chi connectivity index (χ4v) is 3.16. The summed E-state index contributed by atoms with van der Waals surface area (Å²) < 4.78 is 5.47. The van der Waals surface area contributed by atoms with Gasteiger partial charge in [-0.1, -0.05) is 19.1 Å². The zero-order valence-corrected chi connectivity index (χ0v) is 11.8. The van der Waals surface area contributed by atoms with Gasteiger partial charge in [-0.2, -0.15) is 0 Å². The van der Waals surface area contributed by atoms with E-state index in [1.807, 2.05) is 0 Å². The van der Waals surface area contributed by atoms with Crippen molar-refractivity contribution in [2.75, 3.05) is 37.7 Å². The van der Waals surface area contributed by atoms with Crippen LogP contribution in [-0.2, 0) is 11.3 Å². The van der Waals surface area contributed by atoms with Crippen molar-refractivity contribution >= 4 is 5.69 Å². The standard InChI is InChI=1S/C16H24N2O/c1-2-17-11-14-3-5-15(6-4-14)18-12-16(13-18)7-9-19-10-8-16/h3-6,17H,2,7-13H2,1H3. The van der Waals surface area contributed by atoms with Crippen LogP contribution < -0.4 is 10.2 Å². The van der Waals surface area contributed by atoms with E-state index in [1.165, 1.54) is 37.2 Å². The molecular weight excluding hydrogens is 236 g/mol. The van der Waals surface area contributed by atoms with Crippen molar-refractivity contribution in [1.29, 1.82) is 0 Å². The maximum absolute atomic E-state index is 5.47. The van der Waals surface area contributed by atoms with Gasteiger partial charge >= 0.3 is 0 Å². The molecule has 1 aromatic rings. The average Bonchev–Trinajstić information content (AvgIpc) is 2.44. The van der Waals surface area contributed by atoms with Crippen molar-refractivity contribution in [3.05, 3.63) is 29.8 Å². The van der Waals surface area contributed by atoms with Crippen molar-refractivity contribution in [1.82, 2.24) is 5.32 Å². The van der Waals surface area contributed by atoms with E-state index in [2.05, 4.69) is 41.4 Å². The van der Waals surface area contributed by atoms with Gasteiger partial charge in [0.15, 0.2) is 0 Å². The van der Waals surface area contributed by atoms with Gasteiger partial charge in [-0.3, -0.25) is 0 Å². The third kappa shape index (κ3) is 2.77. The Morgan fingerprint density at radius 1 is 1.16 bits per heavy atom. The summed E-state index contributed by atoms with van der Waals surface area (Å²) in [7, 11) is 0. The lowest BCUT2D eigenvalue weighted by atomic mass is 9.73. The van der Waals surface area contributed by atoms with Crippen LogP contribution in [0.3, 0.4) is 0 Å². The lowest BCUT2D eigenvalue weighted by molar-refractivity contribution is -0.000191. The Labute approximate surface area is 115 Å². The maximum atomic E-state index is 5.47. The lowest BCUT2D eigenvalue weighted by Crippen LogP contribution is -2.58. The quantitative estimate of drug-likeness (QED) is 0.900. The fourth-order valence-electron chi connectivity index (χ4n) is 3.16. The molecule has 2 saturated heterocycles. The molecule has 2 fully saturated rings. The van der Waals surface area contributed by atoms with Gasteiger partial charge < -0.3 is 15.0 Å². The van der Waals surface area contributed by atoms with Gasteiger partial charge in [-0.15, -0.1) is 0 Å². The molecule has 3 nitrogen and oxygen atoms in total. The van der Waals surface area contributed by atoms with E-state index in [0.717, 1.165) is 26.3 Å². The first-order valence-corrected chi connectivity index (χ1v) is 7.44. The summed E-state index contributed by atoms with van der Waals surface area (Å²) in [4.78, 5) is 2.50. The van der Waals surface area contributed by atoms with Gasteiger partial charge in [-0.05, 0) is 37.1 Å². The molecule has 2 heterocycles. The molecular formula is C16H24N2O. The van der Waals surface area contributed by atoms with Crippen molar-refractivity contribution in [2.45, 2.75) is 26.3 Å². The molecule has 1 spiro atoms. The molecule has 3 heteroatoms. The Morgan fingerprint density at radius 2 is 1.84 bits per heavy atom. The number of hydrogen-bond acceptors (Lipinski definition) is 3. The van der Waals surface area contributed by atoms with Gasteiger partial charge in [0, 0.05) is 44.0 Å². The van der Waals surface area contributed by atoms with Gasteiger partial charge in [-0.25, -0.2) is 0 Å². The molecule has 0 aromatic heterocycles. The molecule has 2 aliphatic rings. The second-order valence-electron chi connectivity index (χ2n) is 5.92. The molecule has 19 heavy (non-hydrogen) atoms. The molecule has 2 aliphatic heterocycles. The van der Waals surface area contributed by atoms with Gasteiger partial charge in [0.2, 0.25) is 0 Å². The molecule has 0 unspecified atom stereocenters. The van der Waals surface area contributed by atoms with E-state index >= 15 is 0 Å². The lowest BCUT2D eigenvalue weighted by Gasteiger charge is -2.53. The first-order chi connectivity index (χ1) is 9.31. The predicted molar refractivity (Wildman–Crippen MR) is 78.5 cm³/mol. The van der Waals surface area contributed by atoms with E-state index in [0.29, 0.717) is 5.41 Å². The highest BCUT2D eigenvalue weighted by molar-refractivity contribution is 5.51. The molecule has 0 aliphatic carbocycles. The van der Waals surface area contributed by atoms with Crippen LogP contribution in [0, 0.1) is 5.41 Å². The van der Waals surface area contributed by atoms with E-state index in [1.54, 1.807) is 0 Å². The van der Waals surface area contributed by atoms with E-state index in [-0.39, 0.29) is 0 Å². The summed E-state index contributed by atoms with van der Waals surface area (Å²) in [5.41, 5.74) is 3.30. The highest BCUT2D eigenvalue weighted by atomic mass is 16.5. The minimum atomic E-state index is 0.556. The summed E-state index contributed by atoms with van der Waals surface area (Å²) in [6, 6.07) is 9.01. The molecule has 104 valence electrons. The number of rotatable bonds is 4. The molecule has 0 bridgehead atoms. The Hall–Kier alpha value is -1.06. The normalized spacial score (nSPS) is 21.4. The third-order valence-corrected chi connectivity index (χ3v) is 4.49. The third-order valence-electron chi connectivity index (χ3n) is 4.49. The van der Waals surface area contributed by atoms with Crippen molar-refractivity contribution in [3.63, 3.8) is 0 Å². The van der Waals surface area contributed by atoms with Crippen LogP contribution >= 0.6 is 0 Å². The summed E-state index contributed by atoms with van der Waals surface area (Å²) in [5, 5.41) is 3.36. The summed E-state index contributed by atoms with van der Waals surface area (Å²) in [6.45, 7) is 8.47. The Bertz CT molecular complexity index is 401. The second kappa shape index (κ2) is 5.51. The van der Waals surface area contributed by atoms with E-state index in [9.17, 15) is 0 Å². The Balaban J connectivity index is 1.56. The highest BCUT2D eigenvalue weighted by Crippen LogP contribution is 2.41. The van der Waals surface area contributed by atoms with Crippen LogP contribution in [0.4, 0.5) is 5.69 Å². The Kier molecular flexibility index (Phi) is 3.76. The molecule has 0 amide bonds. The van der Waals surface area contributed by atoms with Crippen LogP contribution in [-0.4, -0.2) is 32.8 Å². The van der Waals surface area contributed by atoms with Crippen LogP contribution in [0.2, 0.25) is 0 Å². The summed E-state index contributed by atoms with van der Waals surface area (Å²) in [6.07, 6.45) is 2.48. The minimum absolute atomic E-state index is 0.556. The first-order valence-electron chi connectivity index (χ1n) is 7.44.